The Bertz CT molecular complexity index is 186. The van der Waals surface area contributed by atoms with Crippen LogP contribution in [0.4, 0.5) is 0 Å². The number of unbranched alkanes of at least 4 members (excludes halogenated alkanes) is 1. The van der Waals surface area contributed by atoms with Crippen LogP contribution in [-0.2, 0) is 14.3 Å². The highest BCUT2D eigenvalue weighted by Gasteiger charge is 2.17. The first-order valence-electron chi connectivity index (χ1n) is 7.50. The summed E-state index contributed by atoms with van der Waals surface area (Å²) in [6.07, 6.45) is 7.04. The standard InChI is InChI=1S/C15H30O3/c1-4-7-11-17-12-8-13-18-15(16)14(9-5-2)10-6-3/h14H,4-13H2,1-3H3. The first-order chi connectivity index (χ1) is 8.76. The van der Waals surface area contributed by atoms with Gasteiger partial charge in [-0.25, -0.2) is 0 Å². The SMILES string of the molecule is CCCCOCCCOC(=O)C(CCC)CCC. The lowest BCUT2D eigenvalue weighted by Crippen LogP contribution is -2.18. The molecule has 108 valence electrons. The summed E-state index contributed by atoms with van der Waals surface area (Å²) in [4.78, 5) is 11.8. The summed E-state index contributed by atoms with van der Waals surface area (Å²) < 4.78 is 10.7. The van der Waals surface area contributed by atoms with Gasteiger partial charge in [-0.3, -0.25) is 4.79 Å². The Labute approximate surface area is 112 Å². The maximum atomic E-state index is 11.8. The average molecular weight is 258 g/mol. The van der Waals surface area contributed by atoms with Crippen LogP contribution in [0.2, 0.25) is 0 Å². The molecule has 3 nitrogen and oxygen atoms in total. The Balaban J connectivity index is 3.54. The summed E-state index contributed by atoms with van der Waals surface area (Å²) in [7, 11) is 0. The van der Waals surface area contributed by atoms with Crippen LogP contribution >= 0.6 is 0 Å². The molecular weight excluding hydrogens is 228 g/mol. The van der Waals surface area contributed by atoms with Crippen molar-refractivity contribution < 1.29 is 14.3 Å². The number of carbonyl (C=O) groups is 1. The molecule has 0 aromatic heterocycles. The van der Waals surface area contributed by atoms with Crippen LogP contribution in [0.25, 0.3) is 0 Å². The molecule has 0 aliphatic carbocycles. The molecule has 0 spiro atoms. The van der Waals surface area contributed by atoms with E-state index >= 15 is 0 Å². The topological polar surface area (TPSA) is 35.5 Å². The van der Waals surface area contributed by atoms with Gasteiger partial charge in [-0.1, -0.05) is 40.0 Å². The number of rotatable bonds is 12. The van der Waals surface area contributed by atoms with Crippen molar-refractivity contribution in [2.45, 2.75) is 65.7 Å². The molecule has 0 aliphatic heterocycles. The van der Waals surface area contributed by atoms with Gasteiger partial charge in [-0.2, -0.15) is 0 Å². The van der Waals surface area contributed by atoms with E-state index in [0.29, 0.717) is 13.2 Å². The fraction of sp³-hybridized carbons (Fsp3) is 0.933. The molecule has 0 aromatic rings. The molecule has 0 saturated heterocycles. The van der Waals surface area contributed by atoms with Gasteiger partial charge in [0.25, 0.3) is 0 Å². The molecule has 0 bridgehead atoms. The highest BCUT2D eigenvalue weighted by molar-refractivity contribution is 5.72. The second-order valence-corrected chi connectivity index (χ2v) is 4.76. The van der Waals surface area contributed by atoms with E-state index in [4.69, 9.17) is 9.47 Å². The molecule has 0 unspecified atom stereocenters. The molecule has 0 atom stereocenters. The zero-order valence-corrected chi connectivity index (χ0v) is 12.4. The largest absolute Gasteiger partial charge is 0.465 e. The molecule has 18 heavy (non-hydrogen) atoms. The minimum Gasteiger partial charge on any atom is -0.465 e. The lowest BCUT2D eigenvalue weighted by molar-refractivity contribution is -0.149. The van der Waals surface area contributed by atoms with E-state index in [-0.39, 0.29) is 11.9 Å². The monoisotopic (exact) mass is 258 g/mol. The van der Waals surface area contributed by atoms with Gasteiger partial charge in [0, 0.05) is 19.6 Å². The molecular formula is C15H30O3. The fourth-order valence-corrected chi connectivity index (χ4v) is 1.88. The summed E-state index contributed by atoms with van der Waals surface area (Å²) in [5.41, 5.74) is 0. The summed E-state index contributed by atoms with van der Waals surface area (Å²) in [6, 6.07) is 0. The van der Waals surface area contributed by atoms with E-state index in [1.165, 1.54) is 0 Å². The summed E-state index contributed by atoms with van der Waals surface area (Å²) in [6.45, 7) is 8.37. The summed E-state index contributed by atoms with van der Waals surface area (Å²) >= 11 is 0. The number of ether oxygens (including phenoxy) is 2. The van der Waals surface area contributed by atoms with Gasteiger partial charge in [0.1, 0.15) is 0 Å². The van der Waals surface area contributed by atoms with Gasteiger partial charge in [0.2, 0.25) is 0 Å². The third-order valence-corrected chi connectivity index (χ3v) is 2.93. The van der Waals surface area contributed by atoms with Crippen LogP contribution in [0.5, 0.6) is 0 Å². The van der Waals surface area contributed by atoms with Gasteiger partial charge < -0.3 is 9.47 Å². The third kappa shape index (κ3) is 9.46. The van der Waals surface area contributed by atoms with Crippen LogP contribution < -0.4 is 0 Å². The fourth-order valence-electron chi connectivity index (χ4n) is 1.88. The molecule has 0 fully saturated rings. The van der Waals surface area contributed by atoms with Crippen LogP contribution in [0.15, 0.2) is 0 Å². The zero-order chi connectivity index (χ0) is 13.6. The first-order valence-corrected chi connectivity index (χ1v) is 7.50. The van der Waals surface area contributed by atoms with Gasteiger partial charge in [0.15, 0.2) is 0 Å². The molecule has 3 heteroatoms. The predicted octanol–water partition coefficient (Wildman–Crippen LogP) is 3.95. The summed E-state index contributed by atoms with van der Waals surface area (Å²) in [5, 5.41) is 0. The van der Waals surface area contributed by atoms with Gasteiger partial charge in [0.05, 0.1) is 12.5 Å². The molecule has 0 amide bonds. The van der Waals surface area contributed by atoms with E-state index < -0.39 is 0 Å². The second-order valence-electron chi connectivity index (χ2n) is 4.76. The highest BCUT2D eigenvalue weighted by atomic mass is 16.5. The Morgan fingerprint density at radius 1 is 0.889 bits per heavy atom. The smallest absolute Gasteiger partial charge is 0.308 e. The average Bonchev–Trinajstić information content (AvgIpc) is 2.37. The Morgan fingerprint density at radius 3 is 2.06 bits per heavy atom. The van der Waals surface area contributed by atoms with Gasteiger partial charge in [-0.15, -0.1) is 0 Å². The lowest BCUT2D eigenvalue weighted by atomic mass is 9.99. The molecule has 0 saturated carbocycles. The maximum Gasteiger partial charge on any atom is 0.308 e. The third-order valence-electron chi connectivity index (χ3n) is 2.93. The second kappa shape index (κ2) is 12.9. The van der Waals surface area contributed by atoms with Crippen LogP contribution in [-0.4, -0.2) is 25.8 Å². The van der Waals surface area contributed by atoms with Crippen molar-refractivity contribution in [2.24, 2.45) is 5.92 Å². The highest BCUT2D eigenvalue weighted by Crippen LogP contribution is 2.15. The Hall–Kier alpha value is -0.570. The maximum absolute atomic E-state index is 11.8. The summed E-state index contributed by atoms with van der Waals surface area (Å²) in [5.74, 6) is 0.0771. The number of esters is 1. The van der Waals surface area contributed by atoms with Crippen LogP contribution in [0.3, 0.4) is 0 Å². The van der Waals surface area contributed by atoms with Crippen molar-refractivity contribution in [3.05, 3.63) is 0 Å². The molecule has 0 radical (unpaired) electrons. The van der Waals surface area contributed by atoms with Gasteiger partial charge in [-0.05, 0) is 19.3 Å². The van der Waals surface area contributed by atoms with Crippen molar-refractivity contribution in [1.29, 1.82) is 0 Å². The minimum absolute atomic E-state index is 0.0211. The molecule has 0 rings (SSSR count). The van der Waals surface area contributed by atoms with Crippen molar-refractivity contribution in [1.82, 2.24) is 0 Å². The van der Waals surface area contributed by atoms with Crippen LogP contribution in [0.1, 0.15) is 65.7 Å². The van der Waals surface area contributed by atoms with E-state index in [2.05, 4.69) is 20.8 Å². The van der Waals surface area contributed by atoms with Crippen molar-refractivity contribution in [2.75, 3.05) is 19.8 Å². The Kier molecular flexibility index (Phi) is 12.5. The van der Waals surface area contributed by atoms with E-state index in [1.807, 2.05) is 0 Å². The zero-order valence-electron chi connectivity index (χ0n) is 12.4. The van der Waals surface area contributed by atoms with Crippen molar-refractivity contribution in [3.63, 3.8) is 0 Å². The van der Waals surface area contributed by atoms with E-state index in [1.54, 1.807) is 0 Å². The number of hydrogen-bond donors (Lipinski definition) is 0. The van der Waals surface area contributed by atoms with E-state index in [9.17, 15) is 4.79 Å². The molecule has 0 N–H and O–H groups in total. The lowest BCUT2D eigenvalue weighted by Gasteiger charge is -2.14. The minimum atomic E-state index is -0.0211. The molecule has 0 aromatic carbocycles. The Morgan fingerprint density at radius 2 is 1.50 bits per heavy atom. The normalized spacial score (nSPS) is 10.9. The van der Waals surface area contributed by atoms with Crippen molar-refractivity contribution in [3.8, 4) is 0 Å². The first kappa shape index (κ1) is 17.4. The van der Waals surface area contributed by atoms with E-state index in [0.717, 1.165) is 51.6 Å². The number of carbonyl (C=O) groups excluding carboxylic acids is 1. The van der Waals surface area contributed by atoms with Crippen LogP contribution in [0, 0.1) is 5.92 Å². The quantitative estimate of drug-likeness (QED) is 0.393. The van der Waals surface area contributed by atoms with Crippen molar-refractivity contribution >= 4 is 5.97 Å². The molecule has 0 heterocycles. The van der Waals surface area contributed by atoms with Gasteiger partial charge >= 0.3 is 5.97 Å². The molecule has 0 aliphatic rings. The number of hydrogen-bond acceptors (Lipinski definition) is 3. The predicted molar refractivity (Wildman–Crippen MR) is 74.6 cm³/mol.